The minimum absolute atomic E-state index is 0.0249. The third-order valence-electron chi connectivity index (χ3n) is 3.85. The Hall–Kier alpha value is -1.58. The summed E-state index contributed by atoms with van der Waals surface area (Å²) in [5.41, 5.74) is 5.98. The molecule has 1 aromatic rings. The summed E-state index contributed by atoms with van der Waals surface area (Å²) in [5, 5.41) is 0. The van der Waals surface area contributed by atoms with Crippen LogP contribution in [0.15, 0.2) is 18.2 Å². The monoisotopic (exact) mass is 264 g/mol. The van der Waals surface area contributed by atoms with E-state index in [2.05, 4.69) is 0 Å². The predicted octanol–water partition coefficient (Wildman–Crippen LogP) is 3.06. The molecular formula is C15H21FN2O. The van der Waals surface area contributed by atoms with Crippen molar-refractivity contribution in [1.29, 1.82) is 0 Å². The van der Waals surface area contributed by atoms with Crippen molar-refractivity contribution in [2.24, 2.45) is 5.92 Å². The van der Waals surface area contributed by atoms with Crippen molar-refractivity contribution in [2.45, 2.75) is 32.1 Å². The Bertz CT molecular complexity index is 455. The molecule has 4 heteroatoms. The molecule has 0 aromatic heterocycles. The minimum Gasteiger partial charge on any atom is -0.396 e. The van der Waals surface area contributed by atoms with E-state index in [1.54, 1.807) is 11.9 Å². The highest BCUT2D eigenvalue weighted by Crippen LogP contribution is 2.24. The van der Waals surface area contributed by atoms with Crippen molar-refractivity contribution in [2.75, 3.05) is 19.3 Å². The van der Waals surface area contributed by atoms with Crippen LogP contribution >= 0.6 is 0 Å². The number of rotatable bonds is 3. The zero-order valence-electron chi connectivity index (χ0n) is 11.4. The number of amides is 1. The van der Waals surface area contributed by atoms with Gasteiger partial charge in [-0.1, -0.05) is 19.3 Å². The summed E-state index contributed by atoms with van der Waals surface area (Å²) in [6.45, 7) is 0.774. The number of halogens is 1. The fourth-order valence-corrected chi connectivity index (χ4v) is 2.74. The second-order valence-corrected chi connectivity index (χ2v) is 5.43. The number of nitrogen functional groups attached to an aromatic ring is 1. The van der Waals surface area contributed by atoms with Gasteiger partial charge < -0.3 is 10.6 Å². The first kappa shape index (κ1) is 13.8. The molecule has 1 fully saturated rings. The van der Waals surface area contributed by atoms with E-state index in [0.717, 1.165) is 6.54 Å². The van der Waals surface area contributed by atoms with Crippen LogP contribution in [0.3, 0.4) is 0 Å². The van der Waals surface area contributed by atoms with Gasteiger partial charge in [0.15, 0.2) is 0 Å². The standard InChI is InChI=1S/C15H21FN2O/c1-18(10-11-5-3-2-4-6-11)15(19)12-7-8-13(16)14(17)9-12/h7-9,11H,2-6,10,17H2,1H3. The summed E-state index contributed by atoms with van der Waals surface area (Å²) < 4.78 is 13.1. The van der Waals surface area contributed by atoms with Crippen molar-refractivity contribution in [3.05, 3.63) is 29.6 Å². The largest absolute Gasteiger partial charge is 0.396 e. The molecular weight excluding hydrogens is 243 g/mol. The maximum Gasteiger partial charge on any atom is 0.253 e. The molecule has 0 bridgehead atoms. The summed E-state index contributed by atoms with van der Waals surface area (Å²) >= 11 is 0. The van der Waals surface area contributed by atoms with E-state index in [-0.39, 0.29) is 11.6 Å². The fraction of sp³-hybridized carbons (Fsp3) is 0.533. The lowest BCUT2D eigenvalue weighted by molar-refractivity contribution is 0.0760. The van der Waals surface area contributed by atoms with Gasteiger partial charge in [0, 0.05) is 19.2 Å². The zero-order chi connectivity index (χ0) is 13.8. The summed E-state index contributed by atoms with van der Waals surface area (Å²) in [6, 6.07) is 4.15. The topological polar surface area (TPSA) is 46.3 Å². The van der Waals surface area contributed by atoms with Gasteiger partial charge in [0.05, 0.1) is 5.69 Å². The second-order valence-electron chi connectivity index (χ2n) is 5.43. The number of carbonyl (C=O) groups excluding carboxylic acids is 1. The summed E-state index contributed by atoms with van der Waals surface area (Å²) in [4.78, 5) is 14.0. The van der Waals surface area contributed by atoms with Crippen molar-refractivity contribution in [1.82, 2.24) is 4.90 Å². The van der Waals surface area contributed by atoms with Crippen molar-refractivity contribution < 1.29 is 9.18 Å². The molecule has 0 heterocycles. The van der Waals surface area contributed by atoms with Gasteiger partial charge in [0.1, 0.15) is 5.82 Å². The fourth-order valence-electron chi connectivity index (χ4n) is 2.74. The van der Waals surface area contributed by atoms with Crippen LogP contribution in [0.2, 0.25) is 0 Å². The second kappa shape index (κ2) is 6.04. The van der Waals surface area contributed by atoms with E-state index in [1.165, 1.54) is 50.3 Å². The van der Waals surface area contributed by atoms with Gasteiger partial charge in [0.25, 0.3) is 5.91 Å². The highest BCUT2D eigenvalue weighted by Gasteiger charge is 2.19. The average molecular weight is 264 g/mol. The predicted molar refractivity (Wildman–Crippen MR) is 74.3 cm³/mol. The number of hydrogen-bond donors (Lipinski definition) is 1. The van der Waals surface area contributed by atoms with Crippen LogP contribution in [0.4, 0.5) is 10.1 Å². The molecule has 0 aliphatic heterocycles. The molecule has 3 nitrogen and oxygen atoms in total. The molecule has 1 amide bonds. The quantitative estimate of drug-likeness (QED) is 0.853. The van der Waals surface area contributed by atoms with Gasteiger partial charge in [-0.15, -0.1) is 0 Å². The van der Waals surface area contributed by atoms with E-state index in [0.29, 0.717) is 11.5 Å². The van der Waals surface area contributed by atoms with Gasteiger partial charge in [-0.25, -0.2) is 4.39 Å². The number of nitrogens with zero attached hydrogens (tertiary/aromatic N) is 1. The van der Waals surface area contributed by atoms with Crippen LogP contribution in [-0.2, 0) is 0 Å². The van der Waals surface area contributed by atoms with Crippen molar-refractivity contribution in [3.63, 3.8) is 0 Å². The van der Waals surface area contributed by atoms with Crippen molar-refractivity contribution >= 4 is 11.6 Å². The number of hydrogen-bond acceptors (Lipinski definition) is 2. The first-order valence-corrected chi connectivity index (χ1v) is 6.88. The maximum atomic E-state index is 13.1. The number of anilines is 1. The third kappa shape index (κ3) is 3.46. The van der Waals surface area contributed by atoms with E-state index < -0.39 is 5.82 Å². The third-order valence-corrected chi connectivity index (χ3v) is 3.85. The Morgan fingerprint density at radius 2 is 2.05 bits per heavy atom. The Morgan fingerprint density at radius 1 is 1.37 bits per heavy atom. The molecule has 0 saturated heterocycles. The van der Waals surface area contributed by atoms with Crippen LogP contribution in [0.5, 0.6) is 0 Å². The van der Waals surface area contributed by atoms with E-state index in [9.17, 15) is 9.18 Å². The maximum absolute atomic E-state index is 13.1. The van der Waals surface area contributed by atoms with Crippen LogP contribution < -0.4 is 5.73 Å². The van der Waals surface area contributed by atoms with Crippen LogP contribution in [0, 0.1) is 11.7 Å². The van der Waals surface area contributed by atoms with Gasteiger partial charge in [0.2, 0.25) is 0 Å². The van der Waals surface area contributed by atoms with Crippen LogP contribution in [0.1, 0.15) is 42.5 Å². The van der Waals surface area contributed by atoms with Crippen molar-refractivity contribution in [3.8, 4) is 0 Å². The molecule has 0 unspecified atom stereocenters. The minimum atomic E-state index is -0.480. The highest BCUT2D eigenvalue weighted by molar-refractivity contribution is 5.94. The molecule has 2 N–H and O–H groups in total. The molecule has 19 heavy (non-hydrogen) atoms. The molecule has 1 saturated carbocycles. The Morgan fingerprint density at radius 3 is 2.68 bits per heavy atom. The van der Waals surface area contributed by atoms with Gasteiger partial charge in [-0.05, 0) is 37.0 Å². The molecule has 1 aromatic carbocycles. The Labute approximate surface area is 113 Å². The zero-order valence-corrected chi connectivity index (χ0v) is 11.4. The summed E-state index contributed by atoms with van der Waals surface area (Å²) in [5.74, 6) is 0.0317. The van der Waals surface area contributed by atoms with Crippen LogP contribution in [-0.4, -0.2) is 24.4 Å². The molecule has 2 rings (SSSR count). The lowest BCUT2D eigenvalue weighted by Crippen LogP contribution is -2.32. The van der Waals surface area contributed by atoms with Gasteiger partial charge in [-0.3, -0.25) is 4.79 Å². The number of benzene rings is 1. The Kier molecular flexibility index (Phi) is 4.40. The lowest BCUT2D eigenvalue weighted by Gasteiger charge is -2.27. The van der Waals surface area contributed by atoms with E-state index in [4.69, 9.17) is 5.73 Å². The normalized spacial score (nSPS) is 16.3. The van der Waals surface area contributed by atoms with Gasteiger partial charge >= 0.3 is 0 Å². The summed E-state index contributed by atoms with van der Waals surface area (Å²) in [7, 11) is 1.80. The number of carbonyl (C=O) groups is 1. The van der Waals surface area contributed by atoms with E-state index in [1.807, 2.05) is 0 Å². The molecule has 1 aliphatic carbocycles. The lowest BCUT2D eigenvalue weighted by atomic mass is 9.89. The highest BCUT2D eigenvalue weighted by atomic mass is 19.1. The molecule has 1 aliphatic rings. The number of nitrogens with two attached hydrogens (primary N) is 1. The van der Waals surface area contributed by atoms with Crippen LogP contribution in [0.25, 0.3) is 0 Å². The van der Waals surface area contributed by atoms with Gasteiger partial charge in [-0.2, -0.15) is 0 Å². The molecule has 0 atom stereocenters. The molecule has 104 valence electrons. The first-order chi connectivity index (χ1) is 9.08. The Balaban J connectivity index is 1.99. The molecule has 0 spiro atoms. The summed E-state index contributed by atoms with van der Waals surface area (Å²) in [6.07, 6.45) is 6.22. The molecule has 0 radical (unpaired) electrons. The SMILES string of the molecule is CN(CC1CCCCC1)C(=O)c1ccc(F)c(N)c1. The average Bonchev–Trinajstić information content (AvgIpc) is 2.42. The first-order valence-electron chi connectivity index (χ1n) is 6.88. The van der Waals surface area contributed by atoms with E-state index >= 15 is 0 Å². The smallest absolute Gasteiger partial charge is 0.253 e.